The number of ether oxygens (including phenoxy) is 1. The summed E-state index contributed by atoms with van der Waals surface area (Å²) < 4.78 is 5.84. The average molecular weight is 326 g/mol. The number of aryl methyl sites for hydroxylation is 1. The fourth-order valence-corrected chi connectivity index (χ4v) is 2.30. The second-order valence-corrected chi connectivity index (χ2v) is 5.11. The van der Waals surface area contributed by atoms with Gasteiger partial charge in [0.05, 0.1) is 12.7 Å². The Bertz CT molecular complexity index is 1000. The molecule has 0 radical (unpaired) electrons. The standard InChI is InChI=1S/C16H14N4O4/c1-9-6-13(21)20-14(18-9)12(8-17-20)15(22)19-11-5-3-4-10(7-11)16(23)24-2/h3-8,17H,1-2H3,(H,19,22). The highest BCUT2D eigenvalue weighted by Gasteiger charge is 2.16. The maximum Gasteiger partial charge on any atom is 0.337 e. The zero-order valence-corrected chi connectivity index (χ0v) is 13.0. The fraction of sp³-hybridized carbons (Fsp3) is 0.125. The highest BCUT2D eigenvalue weighted by Crippen LogP contribution is 2.14. The van der Waals surface area contributed by atoms with Gasteiger partial charge in [0.2, 0.25) is 0 Å². The van der Waals surface area contributed by atoms with Gasteiger partial charge in [0, 0.05) is 23.6 Å². The number of carbonyl (C=O) groups is 2. The van der Waals surface area contributed by atoms with Crippen LogP contribution in [0.2, 0.25) is 0 Å². The number of carbonyl (C=O) groups excluding carboxylic acids is 2. The summed E-state index contributed by atoms with van der Waals surface area (Å²) in [4.78, 5) is 40.1. The first-order chi connectivity index (χ1) is 11.5. The molecule has 3 rings (SSSR count). The van der Waals surface area contributed by atoms with Gasteiger partial charge in [-0.15, -0.1) is 0 Å². The van der Waals surface area contributed by atoms with Crippen molar-refractivity contribution in [3.8, 4) is 0 Å². The Kier molecular flexibility index (Phi) is 3.87. The number of anilines is 1. The van der Waals surface area contributed by atoms with Crippen molar-refractivity contribution in [2.24, 2.45) is 0 Å². The molecule has 0 bridgehead atoms. The Labute approximate surface area is 136 Å². The third-order valence-corrected chi connectivity index (χ3v) is 3.41. The van der Waals surface area contributed by atoms with Gasteiger partial charge < -0.3 is 10.1 Å². The SMILES string of the molecule is COC(=O)c1cccc(NC(=O)c2c[nH]n3c(=O)cc(C)nc23)c1. The van der Waals surface area contributed by atoms with Crippen LogP contribution in [-0.4, -0.2) is 33.6 Å². The van der Waals surface area contributed by atoms with E-state index in [4.69, 9.17) is 0 Å². The zero-order valence-electron chi connectivity index (χ0n) is 13.0. The quantitative estimate of drug-likeness (QED) is 0.707. The van der Waals surface area contributed by atoms with Crippen molar-refractivity contribution in [3.63, 3.8) is 0 Å². The second kappa shape index (κ2) is 5.99. The molecule has 8 heteroatoms. The number of hydrogen-bond donors (Lipinski definition) is 2. The lowest BCUT2D eigenvalue weighted by atomic mass is 10.2. The molecule has 1 amide bonds. The monoisotopic (exact) mass is 326 g/mol. The number of rotatable bonds is 3. The van der Waals surface area contributed by atoms with Crippen LogP contribution in [0.5, 0.6) is 0 Å². The number of nitrogens with one attached hydrogen (secondary N) is 2. The summed E-state index contributed by atoms with van der Waals surface area (Å²) in [6.07, 6.45) is 1.41. The lowest BCUT2D eigenvalue weighted by Crippen LogP contribution is -2.17. The minimum atomic E-state index is -0.498. The molecule has 0 atom stereocenters. The molecule has 2 aromatic heterocycles. The average Bonchev–Trinajstić information content (AvgIpc) is 2.98. The van der Waals surface area contributed by atoms with E-state index in [0.717, 1.165) is 0 Å². The van der Waals surface area contributed by atoms with Crippen LogP contribution in [0.1, 0.15) is 26.4 Å². The topological polar surface area (TPSA) is 106 Å². The Morgan fingerprint density at radius 2 is 2.08 bits per heavy atom. The zero-order chi connectivity index (χ0) is 17.3. The van der Waals surface area contributed by atoms with E-state index in [2.05, 4.69) is 20.1 Å². The Hall–Kier alpha value is -3.42. The largest absolute Gasteiger partial charge is 0.465 e. The third-order valence-electron chi connectivity index (χ3n) is 3.41. The first-order valence-corrected chi connectivity index (χ1v) is 7.07. The normalized spacial score (nSPS) is 10.6. The Balaban J connectivity index is 1.94. The molecular weight excluding hydrogens is 312 g/mol. The molecule has 2 heterocycles. The number of aromatic amines is 1. The van der Waals surface area contributed by atoms with E-state index >= 15 is 0 Å². The number of esters is 1. The van der Waals surface area contributed by atoms with Crippen molar-refractivity contribution >= 4 is 23.2 Å². The van der Waals surface area contributed by atoms with Crippen LogP contribution < -0.4 is 10.9 Å². The summed E-state index contributed by atoms with van der Waals surface area (Å²) in [6, 6.07) is 7.72. The summed E-state index contributed by atoms with van der Waals surface area (Å²) in [7, 11) is 1.28. The molecule has 0 aliphatic heterocycles. The first kappa shape index (κ1) is 15.5. The number of fused-ring (bicyclic) bond motifs is 1. The molecule has 3 aromatic rings. The van der Waals surface area contributed by atoms with Crippen LogP contribution in [0.25, 0.3) is 5.65 Å². The van der Waals surface area contributed by atoms with E-state index in [1.165, 1.54) is 30.0 Å². The van der Waals surface area contributed by atoms with E-state index in [1.54, 1.807) is 25.1 Å². The smallest absolute Gasteiger partial charge is 0.337 e. The van der Waals surface area contributed by atoms with Gasteiger partial charge in [-0.25, -0.2) is 14.3 Å². The molecule has 0 fully saturated rings. The highest BCUT2D eigenvalue weighted by molar-refractivity contribution is 6.08. The van der Waals surface area contributed by atoms with Crippen LogP contribution in [0, 0.1) is 6.92 Å². The number of methoxy groups -OCH3 is 1. The summed E-state index contributed by atoms with van der Waals surface area (Å²) in [5.41, 5.74) is 1.42. The summed E-state index contributed by atoms with van der Waals surface area (Å²) in [5, 5.41) is 5.37. The van der Waals surface area contributed by atoms with Crippen LogP contribution in [0.15, 0.2) is 41.3 Å². The van der Waals surface area contributed by atoms with Crippen molar-refractivity contribution in [2.45, 2.75) is 6.92 Å². The van der Waals surface area contributed by atoms with Gasteiger partial charge in [0.15, 0.2) is 5.65 Å². The minimum Gasteiger partial charge on any atom is -0.465 e. The fourth-order valence-electron chi connectivity index (χ4n) is 2.30. The van der Waals surface area contributed by atoms with Crippen LogP contribution in [-0.2, 0) is 4.74 Å². The predicted molar refractivity (Wildman–Crippen MR) is 86.3 cm³/mol. The van der Waals surface area contributed by atoms with E-state index in [1.807, 2.05) is 0 Å². The molecule has 0 saturated carbocycles. The molecule has 0 aliphatic carbocycles. The lowest BCUT2D eigenvalue weighted by Gasteiger charge is -2.06. The van der Waals surface area contributed by atoms with Gasteiger partial charge in [-0.3, -0.25) is 14.7 Å². The molecular formula is C16H14N4O4. The third kappa shape index (κ3) is 2.76. The lowest BCUT2D eigenvalue weighted by molar-refractivity contribution is 0.0600. The van der Waals surface area contributed by atoms with Gasteiger partial charge in [0.25, 0.3) is 11.5 Å². The first-order valence-electron chi connectivity index (χ1n) is 7.07. The number of H-pyrrole nitrogens is 1. The molecule has 0 unspecified atom stereocenters. The summed E-state index contributed by atoms with van der Waals surface area (Å²) in [5.74, 6) is -0.949. The number of nitrogens with zero attached hydrogens (tertiary/aromatic N) is 2. The summed E-state index contributed by atoms with van der Waals surface area (Å²) in [6.45, 7) is 1.68. The van der Waals surface area contributed by atoms with Crippen molar-refractivity contribution in [1.29, 1.82) is 0 Å². The van der Waals surface area contributed by atoms with Crippen LogP contribution >= 0.6 is 0 Å². The highest BCUT2D eigenvalue weighted by atomic mass is 16.5. The Morgan fingerprint density at radius 3 is 2.83 bits per heavy atom. The van der Waals surface area contributed by atoms with E-state index in [-0.39, 0.29) is 16.8 Å². The van der Waals surface area contributed by atoms with E-state index in [9.17, 15) is 14.4 Å². The molecule has 0 spiro atoms. The van der Waals surface area contributed by atoms with Crippen molar-refractivity contribution in [3.05, 3.63) is 63.7 Å². The second-order valence-electron chi connectivity index (χ2n) is 5.11. The van der Waals surface area contributed by atoms with Crippen molar-refractivity contribution in [1.82, 2.24) is 14.6 Å². The van der Waals surface area contributed by atoms with Gasteiger partial charge >= 0.3 is 5.97 Å². The molecule has 1 aromatic carbocycles. The van der Waals surface area contributed by atoms with Gasteiger partial charge in [-0.1, -0.05) is 6.07 Å². The van der Waals surface area contributed by atoms with Crippen LogP contribution in [0.4, 0.5) is 5.69 Å². The van der Waals surface area contributed by atoms with Crippen molar-refractivity contribution in [2.75, 3.05) is 12.4 Å². The van der Waals surface area contributed by atoms with E-state index < -0.39 is 11.9 Å². The molecule has 0 saturated heterocycles. The van der Waals surface area contributed by atoms with Gasteiger partial charge in [-0.2, -0.15) is 0 Å². The van der Waals surface area contributed by atoms with Gasteiger partial charge in [0.1, 0.15) is 5.56 Å². The van der Waals surface area contributed by atoms with Crippen molar-refractivity contribution < 1.29 is 14.3 Å². The number of aromatic nitrogens is 3. The Morgan fingerprint density at radius 1 is 1.29 bits per heavy atom. The number of hydrogen-bond acceptors (Lipinski definition) is 5. The van der Waals surface area contributed by atoms with Gasteiger partial charge in [-0.05, 0) is 25.1 Å². The predicted octanol–water partition coefficient (Wildman–Crippen LogP) is 1.37. The molecule has 0 aliphatic rings. The van der Waals surface area contributed by atoms with Crippen LogP contribution in [0.3, 0.4) is 0 Å². The molecule has 8 nitrogen and oxygen atoms in total. The minimum absolute atomic E-state index is 0.222. The maximum atomic E-state index is 12.5. The number of amides is 1. The van der Waals surface area contributed by atoms with E-state index in [0.29, 0.717) is 16.9 Å². The molecule has 2 N–H and O–H groups in total. The molecule has 122 valence electrons. The number of benzene rings is 1. The maximum absolute atomic E-state index is 12.5. The molecule has 24 heavy (non-hydrogen) atoms. The summed E-state index contributed by atoms with van der Waals surface area (Å²) >= 11 is 0.